The van der Waals surface area contributed by atoms with Crippen LogP contribution in [-0.4, -0.2) is 26.0 Å². The molecule has 2 nitrogen and oxygen atoms in total. The second kappa shape index (κ2) is 6.45. The van der Waals surface area contributed by atoms with Crippen LogP contribution in [0.25, 0.3) is 0 Å². The zero-order chi connectivity index (χ0) is 10.4. The SMILES string of the molecule is COCCSC(CN)c1sccc1C. The third kappa shape index (κ3) is 3.28. The Balaban J connectivity index is 2.50. The van der Waals surface area contributed by atoms with Gasteiger partial charge in [0.15, 0.2) is 0 Å². The fourth-order valence-electron chi connectivity index (χ4n) is 1.24. The fraction of sp³-hybridized carbons (Fsp3) is 0.600. The van der Waals surface area contributed by atoms with E-state index < -0.39 is 0 Å². The minimum atomic E-state index is 0.435. The van der Waals surface area contributed by atoms with E-state index in [0.29, 0.717) is 11.8 Å². The molecule has 0 fully saturated rings. The van der Waals surface area contributed by atoms with Crippen molar-refractivity contribution in [1.29, 1.82) is 0 Å². The number of hydrogen-bond donors (Lipinski definition) is 1. The predicted octanol–water partition coefficient (Wildman–Crippen LogP) is 2.44. The summed E-state index contributed by atoms with van der Waals surface area (Å²) in [6.07, 6.45) is 0. The van der Waals surface area contributed by atoms with Gasteiger partial charge in [-0.15, -0.1) is 23.1 Å². The highest BCUT2D eigenvalue weighted by Gasteiger charge is 2.13. The molecule has 2 N–H and O–H groups in total. The maximum Gasteiger partial charge on any atom is 0.0553 e. The van der Waals surface area contributed by atoms with E-state index in [2.05, 4.69) is 18.4 Å². The van der Waals surface area contributed by atoms with E-state index in [1.54, 1.807) is 18.4 Å². The van der Waals surface area contributed by atoms with Gasteiger partial charge in [-0.3, -0.25) is 0 Å². The molecule has 0 radical (unpaired) electrons. The van der Waals surface area contributed by atoms with E-state index >= 15 is 0 Å². The van der Waals surface area contributed by atoms with Crippen molar-refractivity contribution in [2.75, 3.05) is 26.0 Å². The highest BCUT2D eigenvalue weighted by Crippen LogP contribution is 2.33. The van der Waals surface area contributed by atoms with Crippen molar-refractivity contribution < 1.29 is 4.74 Å². The van der Waals surface area contributed by atoms with E-state index in [9.17, 15) is 0 Å². The molecule has 0 aliphatic rings. The van der Waals surface area contributed by atoms with Crippen molar-refractivity contribution in [2.24, 2.45) is 5.73 Å². The summed E-state index contributed by atoms with van der Waals surface area (Å²) in [6.45, 7) is 3.65. The Hall–Kier alpha value is -0.0300. The van der Waals surface area contributed by atoms with Gasteiger partial charge in [0.05, 0.1) is 11.9 Å². The Kier molecular flexibility index (Phi) is 5.55. The topological polar surface area (TPSA) is 35.2 Å². The summed E-state index contributed by atoms with van der Waals surface area (Å²) in [5.74, 6) is 1.01. The van der Waals surface area contributed by atoms with Crippen LogP contribution in [0.1, 0.15) is 15.7 Å². The van der Waals surface area contributed by atoms with E-state index in [1.807, 2.05) is 11.8 Å². The number of ether oxygens (including phenoxy) is 1. The summed E-state index contributed by atoms with van der Waals surface area (Å²) in [7, 11) is 1.73. The monoisotopic (exact) mass is 231 g/mol. The molecule has 4 heteroatoms. The maximum absolute atomic E-state index is 5.76. The van der Waals surface area contributed by atoms with Gasteiger partial charge in [0.1, 0.15) is 0 Å². The van der Waals surface area contributed by atoms with Gasteiger partial charge in [-0.05, 0) is 23.9 Å². The Bertz CT molecular complexity index is 262. The van der Waals surface area contributed by atoms with Crippen LogP contribution in [0.2, 0.25) is 0 Å². The van der Waals surface area contributed by atoms with Gasteiger partial charge in [-0.2, -0.15) is 0 Å². The number of rotatable bonds is 6. The molecule has 1 heterocycles. The lowest BCUT2D eigenvalue weighted by molar-refractivity contribution is 0.218. The van der Waals surface area contributed by atoms with Crippen LogP contribution in [0.4, 0.5) is 0 Å². The third-order valence-corrected chi connectivity index (χ3v) is 4.53. The first-order chi connectivity index (χ1) is 6.79. The largest absolute Gasteiger partial charge is 0.384 e. The Morgan fingerprint density at radius 1 is 1.64 bits per heavy atom. The number of thiophene rings is 1. The number of thioether (sulfide) groups is 1. The molecule has 1 rings (SSSR count). The predicted molar refractivity (Wildman–Crippen MR) is 65.2 cm³/mol. The van der Waals surface area contributed by atoms with Gasteiger partial charge in [0.2, 0.25) is 0 Å². The number of methoxy groups -OCH3 is 1. The zero-order valence-electron chi connectivity index (χ0n) is 8.66. The highest BCUT2D eigenvalue weighted by molar-refractivity contribution is 7.99. The summed E-state index contributed by atoms with van der Waals surface area (Å²) < 4.78 is 5.03. The Labute approximate surface area is 93.8 Å². The van der Waals surface area contributed by atoms with Crippen LogP contribution in [0.3, 0.4) is 0 Å². The Morgan fingerprint density at radius 2 is 2.43 bits per heavy atom. The van der Waals surface area contributed by atoms with E-state index in [4.69, 9.17) is 10.5 Å². The summed E-state index contributed by atoms with van der Waals surface area (Å²) in [5.41, 5.74) is 7.12. The van der Waals surface area contributed by atoms with Crippen molar-refractivity contribution in [3.63, 3.8) is 0 Å². The van der Waals surface area contributed by atoms with Gasteiger partial charge < -0.3 is 10.5 Å². The van der Waals surface area contributed by atoms with Crippen molar-refractivity contribution in [1.82, 2.24) is 0 Å². The highest BCUT2D eigenvalue weighted by atomic mass is 32.2. The van der Waals surface area contributed by atoms with Crippen LogP contribution in [-0.2, 0) is 4.74 Å². The van der Waals surface area contributed by atoms with E-state index in [1.165, 1.54) is 10.4 Å². The zero-order valence-corrected chi connectivity index (χ0v) is 10.3. The minimum Gasteiger partial charge on any atom is -0.384 e. The smallest absolute Gasteiger partial charge is 0.0553 e. The first-order valence-electron chi connectivity index (χ1n) is 4.64. The molecule has 0 aromatic carbocycles. The molecule has 14 heavy (non-hydrogen) atoms. The van der Waals surface area contributed by atoms with Gasteiger partial charge in [0.25, 0.3) is 0 Å². The molecule has 1 aromatic rings. The number of nitrogens with two attached hydrogens (primary N) is 1. The second-order valence-electron chi connectivity index (χ2n) is 3.06. The average molecular weight is 231 g/mol. The summed E-state index contributed by atoms with van der Waals surface area (Å²) in [6, 6.07) is 2.15. The minimum absolute atomic E-state index is 0.435. The van der Waals surface area contributed by atoms with Crippen LogP contribution in [0.5, 0.6) is 0 Å². The summed E-state index contributed by atoms with van der Waals surface area (Å²) in [5, 5.41) is 2.56. The molecule has 0 saturated carbocycles. The lowest BCUT2D eigenvalue weighted by atomic mass is 10.2. The van der Waals surface area contributed by atoms with Crippen molar-refractivity contribution in [2.45, 2.75) is 12.2 Å². The van der Waals surface area contributed by atoms with Crippen LogP contribution in [0, 0.1) is 6.92 Å². The molecule has 1 unspecified atom stereocenters. The van der Waals surface area contributed by atoms with Crippen molar-refractivity contribution in [3.05, 3.63) is 21.9 Å². The first kappa shape index (κ1) is 12.0. The lowest BCUT2D eigenvalue weighted by Gasteiger charge is -2.13. The fourth-order valence-corrected chi connectivity index (χ4v) is 3.55. The molecule has 1 aromatic heterocycles. The second-order valence-corrected chi connectivity index (χ2v) is 5.31. The normalized spacial score (nSPS) is 13.1. The van der Waals surface area contributed by atoms with E-state index in [0.717, 1.165) is 12.4 Å². The van der Waals surface area contributed by atoms with Gasteiger partial charge >= 0.3 is 0 Å². The Morgan fingerprint density at radius 3 is 2.93 bits per heavy atom. The standard InChI is InChI=1S/C10H17NOS2/c1-8-3-5-14-10(8)9(7-11)13-6-4-12-2/h3,5,9H,4,6-7,11H2,1-2H3. The molecule has 0 aliphatic carbocycles. The number of aryl methyl sites for hydroxylation is 1. The number of hydrogen-bond acceptors (Lipinski definition) is 4. The molecular weight excluding hydrogens is 214 g/mol. The molecule has 0 saturated heterocycles. The van der Waals surface area contributed by atoms with E-state index in [-0.39, 0.29) is 0 Å². The quantitative estimate of drug-likeness (QED) is 0.764. The van der Waals surface area contributed by atoms with Crippen LogP contribution >= 0.6 is 23.1 Å². The molecule has 0 aliphatic heterocycles. The molecule has 1 atom stereocenters. The molecule has 80 valence electrons. The van der Waals surface area contributed by atoms with Gasteiger partial charge in [-0.1, -0.05) is 0 Å². The molecule has 0 amide bonds. The molecule has 0 bridgehead atoms. The third-order valence-electron chi connectivity index (χ3n) is 2.01. The molecule has 0 spiro atoms. The van der Waals surface area contributed by atoms with Crippen LogP contribution < -0.4 is 5.73 Å². The summed E-state index contributed by atoms with van der Waals surface area (Å²) >= 11 is 3.68. The maximum atomic E-state index is 5.76. The average Bonchev–Trinajstić information content (AvgIpc) is 2.60. The summed E-state index contributed by atoms with van der Waals surface area (Å²) in [4.78, 5) is 1.41. The van der Waals surface area contributed by atoms with Crippen molar-refractivity contribution in [3.8, 4) is 0 Å². The van der Waals surface area contributed by atoms with Crippen LogP contribution in [0.15, 0.2) is 11.4 Å². The molecular formula is C10H17NOS2. The van der Waals surface area contributed by atoms with Gasteiger partial charge in [-0.25, -0.2) is 0 Å². The van der Waals surface area contributed by atoms with Crippen molar-refractivity contribution >= 4 is 23.1 Å². The van der Waals surface area contributed by atoms with Gasteiger partial charge in [0, 0.05) is 24.3 Å². The lowest BCUT2D eigenvalue weighted by Crippen LogP contribution is -2.10. The first-order valence-corrected chi connectivity index (χ1v) is 6.57.